The van der Waals surface area contributed by atoms with E-state index in [1.54, 1.807) is 30.3 Å². The summed E-state index contributed by atoms with van der Waals surface area (Å²) in [6.07, 6.45) is 3.31. The molecule has 166 valence electrons. The van der Waals surface area contributed by atoms with E-state index in [2.05, 4.69) is 21.2 Å². The van der Waals surface area contributed by atoms with Crippen molar-refractivity contribution in [2.24, 2.45) is 11.8 Å². The molecule has 0 aromatic heterocycles. The monoisotopic (exact) mass is 518 g/mol. The van der Waals surface area contributed by atoms with Crippen molar-refractivity contribution in [3.05, 3.63) is 57.5 Å². The van der Waals surface area contributed by atoms with Gasteiger partial charge < -0.3 is 10.1 Å². The van der Waals surface area contributed by atoms with E-state index in [9.17, 15) is 19.2 Å². The lowest BCUT2D eigenvalue weighted by molar-refractivity contribution is -0.122. The number of nitrogens with one attached hydrogen (secondary N) is 1. The van der Waals surface area contributed by atoms with Crippen molar-refractivity contribution >= 4 is 62.6 Å². The Bertz CT molecular complexity index is 1080. The quantitative estimate of drug-likeness (QED) is 0.461. The number of hydrogen-bond donors (Lipinski definition) is 1. The predicted octanol–water partition coefficient (Wildman–Crippen LogP) is 4.58. The summed E-state index contributed by atoms with van der Waals surface area (Å²) in [7, 11) is 0. The zero-order chi connectivity index (χ0) is 22.8. The molecule has 2 atom stereocenters. The summed E-state index contributed by atoms with van der Waals surface area (Å²) in [6, 6.07) is 11.1. The predicted molar refractivity (Wildman–Crippen MR) is 122 cm³/mol. The Kier molecular flexibility index (Phi) is 6.62. The molecule has 2 fully saturated rings. The summed E-state index contributed by atoms with van der Waals surface area (Å²) < 4.78 is 5.79. The average Bonchev–Trinajstić information content (AvgIpc) is 3.05. The van der Waals surface area contributed by atoms with Crippen molar-refractivity contribution in [1.29, 1.82) is 0 Å². The fraction of sp³-hybridized carbons (Fsp3) is 0.304. The van der Waals surface area contributed by atoms with Gasteiger partial charge in [0.25, 0.3) is 5.91 Å². The number of rotatable bonds is 5. The van der Waals surface area contributed by atoms with E-state index in [4.69, 9.17) is 16.3 Å². The number of carbonyl (C=O) groups excluding carboxylic acids is 4. The minimum atomic E-state index is -0.729. The SMILES string of the molecule is O=C(COC(=O)c1cccc(N2C(=O)[C@H]3CCCC[C@H]3C2=O)c1)Nc1ccc(Br)c(Cl)c1. The number of carbonyl (C=O) groups is 4. The number of halogens is 2. The Morgan fingerprint density at radius 1 is 1.06 bits per heavy atom. The summed E-state index contributed by atoms with van der Waals surface area (Å²) in [5, 5.41) is 3.03. The molecular weight excluding hydrogens is 500 g/mol. The highest BCUT2D eigenvalue weighted by Gasteiger charge is 2.48. The van der Waals surface area contributed by atoms with Gasteiger partial charge in [-0.3, -0.25) is 19.3 Å². The van der Waals surface area contributed by atoms with E-state index >= 15 is 0 Å². The maximum Gasteiger partial charge on any atom is 0.338 e. The molecule has 3 amide bonds. The van der Waals surface area contributed by atoms with Gasteiger partial charge in [-0.05, 0) is 65.2 Å². The first-order chi connectivity index (χ1) is 15.3. The van der Waals surface area contributed by atoms with Gasteiger partial charge in [0.2, 0.25) is 11.8 Å². The number of benzene rings is 2. The molecule has 1 saturated heterocycles. The number of esters is 1. The van der Waals surface area contributed by atoms with Gasteiger partial charge in [0.15, 0.2) is 6.61 Å². The van der Waals surface area contributed by atoms with Crippen molar-refractivity contribution in [3.8, 4) is 0 Å². The summed E-state index contributed by atoms with van der Waals surface area (Å²) in [5.41, 5.74) is 0.962. The zero-order valence-electron chi connectivity index (χ0n) is 17.0. The molecule has 1 aliphatic heterocycles. The van der Waals surface area contributed by atoms with Gasteiger partial charge in [-0.2, -0.15) is 0 Å². The fourth-order valence-electron chi connectivity index (χ4n) is 4.17. The van der Waals surface area contributed by atoms with E-state index in [-0.39, 0.29) is 29.2 Å². The maximum absolute atomic E-state index is 12.8. The Balaban J connectivity index is 1.40. The van der Waals surface area contributed by atoms with Crippen LogP contribution >= 0.6 is 27.5 Å². The van der Waals surface area contributed by atoms with E-state index in [1.807, 2.05) is 0 Å². The number of anilines is 2. The van der Waals surface area contributed by atoms with Crippen LogP contribution in [0.3, 0.4) is 0 Å². The molecule has 0 radical (unpaired) electrons. The summed E-state index contributed by atoms with van der Waals surface area (Å²) in [4.78, 5) is 51.3. The van der Waals surface area contributed by atoms with E-state index in [0.29, 0.717) is 33.7 Å². The molecule has 1 heterocycles. The van der Waals surface area contributed by atoms with E-state index in [0.717, 1.165) is 12.8 Å². The number of amides is 3. The highest BCUT2D eigenvalue weighted by molar-refractivity contribution is 9.10. The second-order valence-corrected chi connectivity index (χ2v) is 9.07. The number of ether oxygens (including phenoxy) is 1. The average molecular weight is 520 g/mol. The summed E-state index contributed by atoms with van der Waals surface area (Å²) >= 11 is 9.27. The smallest absolute Gasteiger partial charge is 0.338 e. The third-order valence-corrected chi connectivity index (χ3v) is 6.95. The van der Waals surface area contributed by atoms with Gasteiger partial charge in [0.1, 0.15) is 0 Å². The molecule has 2 aromatic rings. The largest absolute Gasteiger partial charge is 0.452 e. The Morgan fingerprint density at radius 2 is 1.75 bits per heavy atom. The van der Waals surface area contributed by atoms with Crippen LogP contribution in [0.4, 0.5) is 11.4 Å². The van der Waals surface area contributed by atoms with Crippen LogP contribution in [0.1, 0.15) is 36.0 Å². The molecule has 32 heavy (non-hydrogen) atoms. The number of imide groups is 1. The molecule has 1 saturated carbocycles. The second kappa shape index (κ2) is 9.42. The standard InChI is InChI=1S/C23H20BrClN2O5/c24-18-9-8-14(11-19(18)25)26-20(28)12-32-23(31)13-4-3-5-15(10-13)27-21(29)16-6-1-2-7-17(16)22(27)30/h3-5,8-11,16-17H,1-2,6-7,12H2,(H,26,28)/t16-,17+. The van der Waals surface area contributed by atoms with Crippen LogP contribution in [-0.4, -0.2) is 30.3 Å². The molecule has 7 nitrogen and oxygen atoms in total. The second-order valence-electron chi connectivity index (χ2n) is 7.81. The fourth-order valence-corrected chi connectivity index (χ4v) is 4.60. The van der Waals surface area contributed by atoms with Crippen molar-refractivity contribution in [2.45, 2.75) is 25.7 Å². The van der Waals surface area contributed by atoms with Gasteiger partial charge in [0.05, 0.1) is 28.1 Å². The lowest BCUT2D eigenvalue weighted by atomic mass is 9.81. The topological polar surface area (TPSA) is 92.8 Å². The van der Waals surface area contributed by atoms with Gasteiger partial charge in [-0.25, -0.2) is 4.79 Å². The van der Waals surface area contributed by atoms with Crippen molar-refractivity contribution in [3.63, 3.8) is 0 Å². The number of hydrogen-bond acceptors (Lipinski definition) is 5. The molecular formula is C23H20BrClN2O5. The molecule has 1 aliphatic carbocycles. The van der Waals surface area contributed by atoms with Gasteiger partial charge in [-0.15, -0.1) is 0 Å². The molecule has 2 aromatic carbocycles. The first-order valence-electron chi connectivity index (χ1n) is 10.2. The lowest BCUT2D eigenvalue weighted by Gasteiger charge is -2.19. The van der Waals surface area contributed by atoms with Crippen molar-refractivity contribution < 1.29 is 23.9 Å². The molecule has 1 N–H and O–H groups in total. The van der Waals surface area contributed by atoms with Gasteiger partial charge in [0, 0.05) is 10.2 Å². The van der Waals surface area contributed by atoms with Crippen LogP contribution in [0.25, 0.3) is 0 Å². The highest BCUT2D eigenvalue weighted by Crippen LogP contribution is 2.40. The summed E-state index contributed by atoms with van der Waals surface area (Å²) in [5.74, 6) is -2.23. The normalized spacial score (nSPS) is 20.1. The Morgan fingerprint density at radius 3 is 2.41 bits per heavy atom. The van der Waals surface area contributed by atoms with Crippen molar-refractivity contribution in [2.75, 3.05) is 16.8 Å². The first-order valence-corrected chi connectivity index (χ1v) is 11.4. The maximum atomic E-state index is 12.8. The molecule has 4 rings (SSSR count). The Hall–Kier alpha value is -2.71. The van der Waals surface area contributed by atoms with Crippen LogP contribution < -0.4 is 10.2 Å². The number of nitrogens with zero attached hydrogens (tertiary/aromatic N) is 1. The molecule has 0 bridgehead atoms. The first kappa shape index (κ1) is 22.5. The van der Waals surface area contributed by atoms with Crippen LogP contribution in [0.15, 0.2) is 46.9 Å². The lowest BCUT2D eigenvalue weighted by Crippen LogP contribution is -2.31. The molecule has 0 unspecified atom stereocenters. The zero-order valence-corrected chi connectivity index (χ0v) is 19.3. The van der Waals surface area contributed by atoms with Crippen LogP contribution in [-0.2, 0) is 19.1 Å². The number of fused-ring (bicyclic) bond motifs is 1. The minimum Gasteiger partial charge on any atom is -0.452 e. The van der Waals surface area contributed by atoms with E-state index in [1.165, 1.54) is 17.0 Å². The third kappa shape index (κ3) is 4.56. The van der Waals surface area contributed by atoms with Crippen LogP contribution in [0, 0.1) is 11.8 Å². The summed E-state index contributed by atoms with van der Waals surface area (Å²) in [6.45, 7) is -0.498. The molecule has 9 heteroatoms. The van der Waals surface area contributed by atoms with Gasteiger partial charge >= 0.3 is 5.97 Å². The van der Waals surface area contributed by atoms with E-state index < -0.39 is 18.5 Å². The molecule has 2 aliphatic rings. The molecule has 0 spiro atoms. The van der Waals surface area contributed by atoms with Crippen molar-refractivity contribution in [1.82, 2.24) is 0 Å². The highest BCUT2D eigenvalue weighted by atomic mass is 79.9. The Labute approximate surface area is 198 Å². The van der Waals surface area contributed by atoms with Gasteiger partial charge in [-0.1, -0.05) is 30.5 Å². The van der Waals surface area contributed by atoms with Crippen LogP contribution in [0.5, 0.6) is 0 Å². The third-order valence-electron chi connectivity index (χ3n) is 5.72. The van der Waals surface area contributed by atoms with Crippen LogP contribution in [0.2, 0.25) is 5.02 Å². The minimum absolute atomic E-state index is 0.150.